The lowest BCUT2D eigenvalue weighted by Crippen LogP contribution is -2.34. The van der Waals surface area contributed by atoms with Crippen LogP contribution in [0.25, 0.3) is 0 Å². The number of benzene rings is 1. The molecule has 0 atom stereocenters. The van der Waals surface area contributed by atoms with Gasteiger partial charge in [0.1, 0.15) is 5.82 Å². The van der Waals surface area contributed by atoms with Gasteiger partial charge in [-0.05, 0) is 55.9 Å². The highest BCUT2D eigenvalue weighted by Crippen LogP contribution is 2.37. The maximum absolute atomic E-state index is 12.9. The largest absolute Gasteiger partial charge is 0.243 e. The van der Waals surface area contributed by atoms with Crippen LogP contribution in [0.3, 0.4) is 0 Å². The molecule has 2 saturated carbocycles. The van der Waals surface area contributed by atoms with Crippen molar-refractivity contribution < 1.29 is 12.8 Å². The average Bonchev–Trinajstić information content (AvgIpc) is 3.19. The Hall–Kier alpha value is -0.940. The van der Waals surface area contributed by atoms with E-state index < -0.39 is 15.8 Å². The minimum atomic E-state index is -3.44. The molecule has 0 bridgehead atoms. The third kappa shape index (κ3) is 2.42. The molecule has 0 saturated heterocycles. The smallest absolute Gasteiger partial charge is 0.207 e. The van der Waals surface area contributed by atoms with Crippen LogP contribution in [0, 0.1) is 11.7 Å². The highest BCUT2D eigenvalue weighted by molar-refractivity contribution is 7.89. The van der Waals surface area contributed by atoms with Crippen molar-refractivity contribution >= 4 is 10.0 Å². The van der Waals surface area contributed by atoms with Crippen LogP contribution < -0.4 is 0 Å². The molecule has 0 amide bonds. The lowest BCUT2D eigenvalue weighted by atomic mass is 10.4. The first-order valence-corrected chi connectivity index (χ1v) is 7.79. The Morgan fingerprint density at radius 2 is 1.72 bits per heavy atom. The zero-order valence-corrected chi connectivity index (χ0v) is 10.9. The van der Waals surface area contributed by atoms with E-state index in [4.69, 9.17) is 0 Å². The van der Waals surface area contributed by atoms with E-state index >= 15 is 0 Å². The van der Waals surface area contributed by atoms with Gasteiger partial charge in [0, 0.05) is 12.6 Å². The Morgan fingerprint density at radius 1 is 1.11 bits per heavy atom. The summed E-state index contributed by atoms with van der Waals surface area (Å²) in [5, 5.41) is 0. The van der Waals surface area contributed by atoms with Crippen molar-refractivity contribution in [1.82, 2.24) is 4.31 Å². The minimum absolute atomic E-state index is 0.167. The molecule has 2 aliphatic carbocycles. The molecule has 1 aromatic rings. The van der Waals surface area contributed by atoms with E-state index in [1.54, 1.807) is 4.31 Å². The van der Waals surface area contributed by atoms with Gasteiger partial charge in [0.2, 0.25) is 10.0 Å². The van der Waals surface area contributed by atoms with Gasteiger partial charge in [-0.3, -0.25) is 0 Å². The van der Waals surface area contributed by atoms with Gasteiger partial charge < -0.3 is 0 Å². The number of nitrogens with zero attached hydrogens (tertiary/aromatic N) is 1. The third-order valence-corrected chi connectivity index (χ3v) is 5.44. The van der Waals surface area contributed by atoms with Gasteiger partial charge in [-0.2, -0.15) is 4.31 Å². The Kier molecular flexibility index (Phi) is 2.90. The summed E-state index contributed by atoms with van der Waals surface area (Å²) < 4.78 is 39.5. The number of rotatable bonds is 5. The van der Waals surface area contributed by atoms with Crippen LogP contribution in [0.15, 0.2) is 29.2 Å². The van der Waals surface area contributed by atoms with Gasteiger partial charge in [0.25, 0.3) is 0 Å². The van der Waals surface area contributed by atoms with Crippen LogP contribution in [-0.4, -0.2) is 25.3 Å². The number of hydrogen-bond donors (Lipinski definition) is 0. The normalized spacial score (nSPS) is 20.3. The van der Waals surface area contributed by atoms with E-state index in [9.17, 15) is 12.8 Å². The fraction of sp³-hybridized carbons (Fsp3) is 0.538. The Morgan fingerprint density at radius 3 is 2.22 bits per heavy atom. The number of halogens is 1. The maximum Gasteiger partial charge on any atom is 0.243 e. The summed E-state index contributed by atoms with van der Waals surface area (Å²) >= 11 is 0. The molecule has 0 unspecified atom stereocenters. The molecule has 0 radical (unpaired) electrons. The molecule has 98 valence electrons. The molecule has 1 aromatic carbocycles. The summed E-state index contributed by atoms with van der Waals surface area (Å²) in [6.07, 6.45) is 4.16. The molecule has 0 heterocycles. The predicted octanol–water partition coefficient (Wildman–Crippen LogP) is 2.39. The summed E-state index contributed by atoms with van der Waals surface area (Å²) in [5.41, 5.74) is 0. The van der Waals surface area contributed by atoms with Crippen molar-refractivity contribution in [3.8, 4) is 0 Å². The second kappa shape index (κ2) is 4.31. The zero-order chi connectivity index (χ0) is 12.8. The van der Waals surface area contributed by atoms with Crippen molar-refractivity contribution in [2.75, 3.05) is 6.54 Å². The van der Waals surface area contributed by atoms with Gasteiger partial charge in [0.15, 0.2) is 0 Å². The number of hydrogen-bond acceptors (Lipinski definition) is 2. The highest BCUT2D eigenvalue weighted by atomic mass is 32.2. The highest BCUT2D eigenvalue weighted by Gasteiger charge is 2.40. The maximum atomic E-state index is 12.9. The number of sulfonamides is 1. The summed E-state index contributed by atoms with van der Waals surface area (Å²) in [7, 11) is -3.44. The first-order chi connectivity index (χ1) is 8.57. The SMILES string of the molecule is O=S(=O)(c1ccc(F)cc1)N(CC1CC1)C1CC1. The lowest BCUT2D eigenvalue weighted by molar-refractivity contribution is 0.388. The van der Waals surface area contributed by atoms with E-state index in [0.717, 1.165) is 25.7 Å². The van der Waals surface area contributed by atoms with Crippen LogP contribution in [0.1, 0.15) is 25.7 Å². The van der Waals surface area contributed by atoms with E-state index in [0.29, 0.717) is 12.5 Å². The second-order valence-electron chi connectivity index (χ2n) is 5.20. The molecule has 3 nitrogen and oxygen atoms in total. The molecule has 2 aliphatic rings. The molecule has 18 heavy (non-hydrogen) atoms. The van der Waals surface area contributed by atoms with E-state index in [-0.39, 0.29) is 10.9 Å². The standard InChI is InChI=1S/C13H16FNO2S/c14-11-3-7-13(8-4-11)18(16,17)15(12-5-6-12)9-10-1-2-10/h3-4,7-8,10,12H,1-2,5-6,9H2. The van der Waals surface area contributed by atoms with Gasteiger partial charge in [0.05, 0.1) is 4.90 Å². The Balaban J connectivity index is 1.88. The first-order valence-electron chi connectivity index (χ1n) is 6.35. The monoisotopic (exact) mass is 269 g/mol. The van der Waals surface area contributed by atoms with Gasteiger partial charge in [-0.15, -0.1) is 0 Å². The van der Waals surface area contributed by atoms with Crippen LogP contribution in [0.5, 0.6) is 0 Å². The molecule has 2 fully saturated rings. The quantitative estimate of drug-likeness (QED) is 0.823. The molecular formula is C13H16FNO2S. The average molecular weight is 269 g/mol. The van der Waals surface area contributed by atoms with E-state index in [1.165, 1.54) is 24.3 Å². The second-order valence-corrected chi connectivity index (χ2v) is 7.09. The van der Waals surface area contributed by atoms with E-state index in [2.05, 4.69) is 0 Å². The van der Waals surface area contributed by atoms with Crippen LogP contribution in [-0.2, 0) is 10.0 Å². The van der Waals surface area contributed by atoms with Crippen molar-refractivity contribution in [2.45, 2.75) is 36.6 Å². The van der Waals surface area contributed by atoms with Crippen molar-refractivity contribution in [3.05, 3.63) is 30.1 Å². The Labute approximate surface area is 107 Å². The van der Waals surface area contributed by atoms with Gasteiger partial charge in [-0.1, -0.05) is 0 Å². The molecule has 0 spiro atoms. The molecule has 0 N–H and O–H groups in total. The third-order valence-electron chi connectivity index (χ3n) is 3.51. The summed E-state index contributed by atoms with van der Waals surface area (Å²) in [5.74, 6) is 0.120. The molecule has 0 aromatic heterocycles. The molecule has 5 heteroatoms. The first kappa shape index (κ1) is 12.1. The van der Waals surface area contributed by atoms with Crippen LogP contribution in [0.4, 0.5) is 4.39 Å². The van der Waals surface area contributed by atoms with Crippen molar-refractivity contribution in [3.63, 3.8) is 0 Å². The van der Waals surface area contributed by atoms with Crippen molar-refractivity contribution in [1.29, 1.82) is 0 Å². The van der Waals surface area contributed by atoms with Crippen molar-refractivity contribution in [2.24, 2.45) is 5.92 Å². The fourth-order valence-electron chi connectivity index (χ4n) is 2.10. The van der Waals surface area contributed by atoms with Crippen LogP contribution in [0.2, 0.25) is 0 Å². The summed E-state index contributed by atoms with van der Waals surface area (Å²) in [6.45, 7) is 0.629. The van der Waals surface area contributed by atoms with Gasteiger partial charge >= 0.3 is 0 Å². The van der Waals surface area contributed by atoms with Crippen LogP contribution >= 0.6 is 0 Å². The Bertz CT molecular complexity index is 533. The molecule has 0 aliphatic heterocycles. The predicted molar refractivity (Wildman–Crippen MR) is 66.0 cm³/mol. The molecular weight excluding hydrogens is 253 g/mol. The summed E-state index contributed by atoms with van der Waals surface area (Å²) in [4.78, 5) is 0.205. The topological polar surface area (TPSA) is 37.4 Å². The zero-order valence-electron chi connectivity index (χ0n) is 10.0. The minimum Gasteiger partial charge on any atom is -0.207 e. The summed E-state index contributed by atoms with van der Waals surface area (Å²) in [6, 6.07) is 5.28. The lowest BCUT2D eigenvalue weighted by Gasteiger charge is -2.21. The van der Waals surface area contributed by atoms with Gasteiger partial charge in [-0.25, -0.2) is 12.8 Å². The van der Waals surface area contributed by atoms with E-state index in [1.807, 2.05) is 0 Å². The fourth-order valence-corrected chi connectivity index (χ4v) is 3.86. The molecule has 3 rings (SSSR count).